The van der Waals surface area contributed by atoms with Gasteiger partial charge in [0.25, 0.3) is 0 Å². The molecular formula is C20H27N8+. The van der Waals surface area contributed by atoms with Gasteiger partial charge >= 0.3 is 5.48 Å². The number of rotatable bonds is 1. The predicted octanol–water partition coefficient (Wildman–Crippen LogP) is 1.98. The van der Waals surface area contributed by atoms with Gasteiger partial charge in [-0.3, -0.25) is 0 Å². The zero-order chi connectivity index (χ0) is 20.6. The normalized spacial score (nSPS) is 11.1. The molecule has 0 atom stereocenters. The van der Waals surface area contributed by atoms with Crippen molar-refractivity contribution in [3.63, 3.8) is 0 Å². The van der Waals surface area contributed by atoms with Crippen LogP contribution < -0.4 is 9.59 Å². The molecule has 146 valence electrons. The first kappa shape index (κ1) is 19.6. The van der Waals surface area contributed by atoms with E-state index in [1.165, 1.54) is 0 Å². The molecule has 0 bridgehead atoms. The van der Waals surface area contributed by atoms with Crippen LogP contribution in [0.4, 0.5) is 0 Å². The number of aryl methyl sites for hydroxylation is 3. The number of H-pyrrole nitrogens is 1. The lowest BCUT2D eigenvalue weighted by Crippen LogP contribution is -2.22. The van der Waals surface area contributed by atoms with Gasteiger partial charge in [0.1, 0.15) is 11.3 Å². The molecule has 28 heavy (non-hydrogen) atoms. The van der Waals surface area contributed by atoms with Crippen LogP contribution in [0, 0.1) is 37.3 Å². The molecule has 0 saturated carbocycles. The maximum absolute atomic E-state index is 4.41. The van der Waals surface area contributed by atoms with E-state index in [1.54, 1.807) is 6.33 Å². The first-order chi connectivity index (χ1) is 13.2. The van der Waals surface area contributed by atoms with Crippen molar-refractivity contribution in [1.29, 1.82) is 0 Å². The molecule has 2 aromatic rings. The van der Waals surface area contributed by atoms with Crippen molar-refractivity contribution in [3.8, 4) is 0 Å². The maximum atomic E-state index is 4.41. The first-order valence-electron chi connectivity index (χ1n) is 9.26. The van der Waals surface area contributed by atoms with Gasteiger partial charge in [-0.1, -0.05) is 11.6 Å². The van der Waals surface area contributed by atoms with Gasteiger partial charge in [-0.15, -0.1) is 4.98 Å². The molecule has 4 heterocycles. The summed E-state index contributed by atoms with van der Waals surface area (Å²) in [5, 5.41) is 1.64. The zero-order valence-corrected chi connectivity index (χ0v) is 17.6. The van der Waals surface area contributed by atoms with E-state index in [0.29, 0.717) is 6.04 Å². The van der Waals surface area contributed by atoms with Crippen molar-refractivity contribution in [2.75, 3.05) is 0 Å². The summed E-state index contributed by atoms with van der Waals surface area (Å²) in [5.74, 6) is 1.66. The van der Waals surface area contributed by atoms with Crippen molar-refractivity contribution >= 4 is 17.7 Å². The lowest BCUT2D eigenvalue weighted by Gasteiger charge is -2.07. The molecule has 0 amide bonds. The number of nitrogens with one attached hydrogen (secondary N) is 1. The number of nitrogens with zero attached hydrogens (tertiary/aromatic N) is 7. The van der Waals surface area contributed by atoms with Gasteiger partial charge in [-0.25, -0.2) is 19.2 Å². The smallest absolute Gasteiger partial charge is 0.313 e. The van der Waals surface area contributed by atoms with Crippen molar-refractivity contribution in [1.82, 2.24) is 34.5 Å². The summed E-state index contributed by atoms with van der Waals surface area (Å²) >= 11 is 0. The second kappa shape index (κ2) is 7.46. The molecule has 8 heteroatoms. The van der Waals surface area contributed by atoms with E-state index in [-0.39, 0.29) is 0 Å². The number of fused-ring (bicyclic) bond motifs is 1. The Morgan fingerprint density at radius 1 is 1.11 bits per heavy atom. The summed E-state index contributed by atoms with van der Waals surface area (Å²) in [6.45, 7) is 18.0. The van der Waals surface area contributed by atoms with Crippen molar-refractivity contribution in [2.45, 2.75) is 54.5 Å². The van der Waals surface area contributed by atoms with Crippen molar-refractivity contribution in [3.05, 3.63) is 51.9 Å². The van der Waals surface area contributed by atoms with Crippen LogP contribution in [0.2, 0.25) is 0 Å². The average Bonchev–Trinajstić information content (AvgIpc) is 3.19. The van der Waals surface area contributed by atoms with Gasteiger partial charge in [0.05, 0.1) is 23.1 Å². The molecule has 4 rings (SSSR count). The van der Waals surface area contributed by atoms with E-state index in [2.05, 4.69) is 54.9 Å². The zero-order valence-electron chi connectivity index (χ0n) is 17.6. The molecule has 0 fully saturated rings. The van der Waals surface area contributed by atoms with Crippen LogP contribution >= 0.6 is 0 Å². The lowest BCUT2D eigenvalue weighted by molar-refractivity contribution is -0.536. The maximum Gasteiger partial charge on any atom is 0.313 e. The van der Waals surface area contributed by atoms with Gasteiger partial charge in [-0.2, -0.15) is 0 Å². The summed E-state index contributed by atoms with van der Waals surface area (Å²) < 4.78 is 4.03. The molecule has 2 aliphatic rings. The standard InChI is InChI=1S/C10H14N4.C10H13N4/c2*1-6(2)14-5-11-9-7(3)12-8(4)13-10(9)14/h5-6H,1-4H3;5H,3H2,1-2,4H3,(H,12,13)/q;+1. The van der Waals surface area contributed by atoms with Gasteiger partial charge in [0.2, 0.25) is 11.7 Å². The molecule has 0 saturated heterocycles. The van der Waals surface area contributed by atoms with Crippen LogP contribution in [0.5, 0.6) is 0 Å². The highest BCUT2D eigenvalue weighted by atomic mass is 15.1. The van der Waals surface area contributed by atoms with Crippen molar-refractivity contribution < 1.29 is 4.24 Å². The summed E-state index contributed by atoms with van der Waals surface area (Å²) in [6.07, 6.45) is 3.60. The Balaban J connectivity index is 0.000000161. The molecule has 0 aromatic carbocycles. The van der Waals surface area contributed by atoms with E-state index < -0.39 is 0 Å². The van der Waals surface area contributed by atoms with Crippen LogP contribution in [0.1, 0.15) is 51.1 Å². The van der Waals surface area contributed by atoms with E-state index in [1.807, 2.05) is 45.2 Å². The number of imidazole rings is 1. The van der Waals surface area contributed by atoms with Crippen LogP contribution in [0.3, 0.4) is 0 Å². The minimum atomic E-state index is 0.383. The van der Waals surface area contributed by atoms with Gasteiger partial charge in [0.15, 0.2) is 11.5 Å². The molecule has 0 aliphatic carbocycles. The third kappa shape index (κ3) is 3.62. The van der Waals surface area contributed by atoms with Crippen molar-refractivity contribution in [2.24, 2.45) is 0 Å². The number of aromatic amines is 1. The molecule has 1 N–H and O–H groups in total. The summed E-state index contributed by atoms with van der Waals surface area (Å²) in [4.78, 5) is 24.7. The summed E-state index contributed by atoms with van der Waals surface area (Å²) in [7, 11) is 0. The fourth-order valence-corrected chi connectivity index (χ4v) is 3.03. The summed E-state index contributed by atoms with van der Waals surface area (Å²) in [5.41, 5.74) is 4.80. The number of hydrogen-bond acceptors (Lipinski definition) is 5. The Hall–Kier alpha value is -3.16. The minimum Gasteiger partial charge on any atom is -0.327 e. The fraction of sp³-hybridized carbons (Fsp3) is 0.400. The Kier molecular flexibility index (Phi) is 5.22. The third-order valence-corrected chi connectivity index (χ3v) is 4.38. The number of aromatic nitrogens is 8. The second-order valence-corrected chi connectivity index (χ2v) is 7.31. The highest BCUT2D eigenvalue weighted by Gasteiger charge is 2.10. The third-order valence-electron chi connectivity index (χ3n) is 4.38. The largest absolute Gasteiger partial charge is 0.327 e. The van der Waals surface area contributed by atoms with E-state index in [9.17, 15) is 0 Å². The lowest BCUT2D eigenvalue weighted by atomic mass is 10.3. The van der Waals surface area contributed by atoms with Crippen LogP contribution in [0.15, 0.2) is 12.7 Å². The second-order valence-electron chi connectivity index (χ2n) is 7.31. The molecule has 2 aliphatic heterocycles. The molecule has 8 nitrogen and oxygen atoms in total. The predicted molar refractivity (Wildman–Crippen MR) is 107 cm³/mol. The quantitative estimate of drug-likeness (QED) is 0.511. The van der Waals surface area contributed by atoms with Gasteiger partial charge in [0, 0.05) is 13.0 Å². The van der Waals surface area contributed by atoms with Gasteiger partial charge < -0.3 is 9.55 Å². The Labute approximate surface area is 163 Å². The SMILES string of the molecule is C=c1[nH]c(C)nc2[n+](=C(C)C)cnc1=2.Cc1nc(C)c2ncn(C(C)C)c2n1. The highest BCUT2D eigenvalue weighted by molar-refractivity contribution is 5.73. The van der Waals surface area contributed by atoms with E-state index in [0.717, 1.165) is 50.4 Å². The number of hydrogen-bond donors (Lipinski definition) is 1. The topological polar surface area (TPSA) is 91.1 Å². The summed E-state index contributed by atoms with van der Waals surface area (Å²) in [6, 6.07) is 0.383. The molecule has 0 radical (unpaired) electrons. The van der Waals surface area contributed by atoms with E-state index in [4.69, 9.17) is 0 Å². The van der Waals surface area contributed by atoms with E-state index >= 15 is 0 Å². The Bertz CT molecular complexity index is 1310. The first-order valence-corrected chi connectivity index (χ1v) is 9.26. The van der Waals surface area contributed by atoms with Crippen LogP contribution in [-0.2, 0) is 0 Å². The van der Waals surface area contributed by atoms with Gasteiger partial charge in [-0.05, 0) is 41.5 Å². The Morgan fingerprint density at radius 2 is 1.82 bits per heavy atom. The average molecular weight is 379 g/mol. The van der Waals surface area contributed by atoms with Crippen LogP contribution in [-0.4, -0.2) is 34.5 Å². The highest BCUT2D eigenvalue weighted by Crippen LogP contribution is 2.17. The minimum absolute atomic E-state index is 0.383. The monoisotopic (exact) mass is 379 g/mol. The molecule has 0 spiro atoms. The fourth-order valence-electron chi connectivity index (χ4n) is 3.03. The molecular weight excluding hydrogens is 352 g/mol. The van der Waals surface area contributed by atoms with Crippen LogP contribution in [0.25, 0.3) is 17.7 Å². The molecule has 0 unspecified atom stereocenters. The molecule has 2 aromatic heterocycles. The Morgan fingerprint density at radius 3 is 2.46 bits per heavy atom.